The fraction of sp³-hybridized carbons (Fsp3) is 0.500. The third-order valence-corrected chi connectivity index (χ3v) is 3.49. The van der Waals surface area contributed by atoms with Gasteiger partial charge in [-0.2, -0.15) is 0 Å². The minimum Gasteiger partial charge on any atom is -0.497 e. The zero-order chi connectivity index (χ0) is 13.7. The van der Waals surface area contributed by atoms with Crippen molar-refractivity contribution in [1.82, 2.24) is 10.2 Å². The Hall–Kier alpha value is -1.59. The Bertz CT molecular complexity index is 419. The maximum atomic E-state index is 11.2. The Labute approximate surface area is 113 Å². The molecule has 0 bridgehead atoms. The molecule has 1 atom stereocenters. The van der Waals surface area contributed by atoms with Crippen LogP contribution < -0.4 is 10.1 Å². The number of nitrogens with zero attached hydrogens (tertiary/aromatic N) is 1. The number of rotatable bonds is 5. The van der Waals surface area contributed by atoms with Gasteiger partial charge in [-0.3, -0.25) is 9.69 Å². The van der Waals surface area contributed by atoms with Gasteiger partial charge in [-0.25, -0.2) is 0 Å². The lowest BCUT2D eigenvalue weighted by molar-refractivity contribution is -0.143. The molecule has 0 amide bonds. The zero-order valence-corrected chi connectivity index (χ0v) is 11.1. The number of piperazine rings is 1. The lowest BCUT2D eigenvalue weighted by atomic mass is 10.1. The van der Waals surface area contributed by atoms with Gasteiger partial charge in [0.2, 0.25) is 0 Å². The molecular formula is C14H20N2O3. The number of carboxylic acid groups (broad SMARTS) is 1. The van der Waals surface area contributed by atoms with Gasteiger partial charge >= 0.3 is 5.97 Å². The smallest absolute Gasteiger partial charge is 0.322 e. The van der Waals surface area contributed by atoms with Crippen molar-refractivity contribution in [2.45, 2.75) is 12.5 Å². The first-order chi connectivity index (χ1) is 9.20. The van der Waals surface area contributed by atoms with E-state index in [0.717, 1.165) is 31.8 Å². The van der Waals surface area contributed by atoms with Crippen molar-refractivity contribution in [2.75, 3.05) is 33.3 Å². The number of ether oxygens (including phenoxy) is 1. The average molecular weight is 264 g/mol. The van der Waals surface area contributed by atoms with Gasteiger partial charge in [-0.15, -0.1) is 0 Å². The Kier molecular flexibility index (Phi) is 4.76. The molecule has 1 fully saturated rings. The first-order valence-corrected chi connectivity index (χ1v) is 6.51. The highest BCUT2D eigenvalue weighted by atomic mass is 16.5. The van der Waals surface area contributed by atoms with Gasteiger partial charge < -0.3 is 15.2 Å². The van der Waals surface area contributed by atoms with E-state index in [0.29, 0.717) is 6.54 Å². The number of nitrogens with one attached hydrogen (secondary N) is 1. The predicted molar refractivity (Wildman–Crippen MR) is 72.6 cm³/mol. The van der Waals surface area contributed by atoms with E-state index in [1.165, 1.54) is 5.56 Å². The number of aliphatic carboxylic acids is 1. The van der Waals surface area contributed by atoms with Crippen molar-refractivity contribution in [3.8, 4) is 5.75 Å². The van der Waals surface area contributed by atoms with Crippen LogP contribution in [0.25, 0.3) is 0 Å². The quantitative estimate of drug-likeness (QED) is 0.815. The maximum Gasteiger partial charge on any atom is 0.322 e. The van der Waals surface area contributed by atoms with Crippen molar-refractivity contribution >= 4 is 5.97 Å². The first kappa shape index (κ1) is 13.8. The summed E-state index contributed by atoms with van der Waals surface area (Å²) in [6, 6.07) is 7.50. The normalized spacial score (nSPS) is 20.2. The summed E-state index contributed by atoms with van der Waals surface area (Å²) in [5.41, 5.74) is 1.20. The van der Waals surface area contributed by atoms with E-state index in [9.17, 15) is 9.90 Å². The average Bonchev–Trinajstić information content (AvgIpc) is 2.46. The van der Waals surface area contributed by atoms with E-state index in [-0.39, 0.29) is 0 Å². The summed E-state index contributed by atoms with van der Waals surface area (Å²) in [4.78, 5) is 13.2. The number of methoxy groups -OCH3 is 1. The molecule has 0 aliphatic carbocycles. The van der Waals surface area contributed by atoms with Gasteiger partial charge in [0.05, 0.1) is 7.11 Å². The Balaban J connectivity index is 1.90. The van der Waals surface area contributed by atoms with Crippen LogP contribution in [-0.4, -0.2) is 55.3 Å². The van der Waals surface area contributed by atoms with Crippen LogP contribution in [0.3, 0.4) is 0 Å². The van der Waals surface area contributed by atoms with Gasteiger partial charge in [-0.05, 0) is 24.1 Å². The summed E-state index contributed by atoms with van der Waals surface area (Å²) in [7, 11) is 1.65. The Morgan fingerprint density at radius 1 is 1.47 bits per heavy atom. The molecule has 0 radical (unpaired) electrons. The standard InChI is InChI=1S/C14H20N2O3/c1-19-12-4-2-11(3-5-12)6-8-16-9-7-15-10-13(16)14(17)18/h2-5,13,15H,6-10H2,1H3,(H,17,18). The molecule has 1 aromatic carbocycles. The van der Waals surface area contributed by atoms with Crippen LogP contribution in [0.1, 0.15) is 5.56 Å². The second kappa shape index (κ2) is 6.54. The van der Waals surface area contributed by atoms with E-state index in [4.69, 9.17) is 4.74 Å². The van der Waals surface area contributed by atoms with Crippen LogP contribution in [0.4, 0.5) is 0 Å². The molecule has 0 spiro atoms. The first-order valence-electron chi connectivity index (χ1n) is 6.51. The summed E-state index contributed by atoms with van der Waals surface area (Å²) >= 11 is 0. The third-order valence-electron chi connectivity index (χ3n) is 3.49. The maximum absolute atomic E-state index is 11.2. The molecular weight excluding hydrogens is 244 g/mol. The van der Waals surface area contributed by atoms with E-state index in [1.54, 1.807) is 7.11 Å². The van der Waals surface area contributed by atoms with Crippen molar-refractivity contribution in [3.05, 3.63) is 29.8 Å². The van der Waals surface area contributed by atoms with Crippen LogP contribution >= 0.6 is 0 Å². The van der Waals surface area contributed by atoms with Gasteiger partial charge in [0.25, 0.3) is 0 Å². The van der Waals surface area contributed by atoms with Gasteiger partial charge in [0.1, 0.15) is 11.8 Å². The molecule has 5 nitrogen and oxygen atoms in total. The third kappa shape index (κ3) is 3.68. The van der Waals surface area contributed by atoms with Crippen molar-refractivity contribution in [3.63, 3.8) is 0 Å². The number of hydrogen-bond acceptors (Lipinski definition) is 4. The lowest BCUT2D eigenvalue weighted by Crippen LogP contribution is -2.55. The number of carboxylic acids is 1. The topological polar surface area (TPSA) is 61.8 Å². The van der Waals surface area contributed by atoms with Crippen molar-refractivity contribution in [1.29, 1.82) is 0 Å². The predicted octanol–water partition coefficient (Wildman–Crippen LogP) is 0.596. The van der Waals surface area contributed by atoms with Crippen LogP contribution in [0.2, 0.25) is 0 Å². The SMILES string of the molecule is COc1ccc(CCN2CCNCC2C(=O)O)cc1. The van der Waals surface area contributed by atoms with Crippen molar-refractivity contribution in [2.24, 2.45) is 0 Å². The summed E-state index contributed by atoms with van der Waals surface area (Å²) in [5.74, 6) is 0.0938. The second-order valence-electron chi connectivity index (χ2n) is 4.69. The van der Waals surface area contributed by atoms with Crippen molar-refractivity contribution < 1.29 is 14.6 Å². The zero-order valence-electron chi connectivity index (χ0n) is 11.1. The fourth-order valence-corrected chi connectivity index (χ4v) is 2.32. The molecule has 1 saturated heterocycles. The highest BCUT2D eigenvalue weighted by Crippen LogP contribution is 2.13. The monoisotopic (exact) mass is 264 g/mol. The van der Waals surface area contributed by atoms with Gasteiger partial charge in [0, 0.05) is 26.2 Å². The molecule has 1 heterocycles. The van der Waals surface area contributed by atoms with E-state index in [2.05, 4.69) is 5.32 Å². The molecule has 1 aliphatic rings. The lowest BCUT2D eigenvalue weighted by Gasteiger charge is -2.33. The number of hydrogen-bond donors (Lipinski definition) is 2. The van der Waals surface area contributed by atoms with Gasteiger partial charge in [0.15, 0.2) is 0 Å². The largest absolute Gasteiger partial charge is 0.497 e. The summed E-state index contributed by atoms with van der Waals surface area (Å²) in [6.07, 6.45) is 0.855. The Morgan fingerprint density at radius 3 is 2.84 bits per heavy atom. The molecule has 1 aromatic rings. The van der Waals surface area contributed by atoms with E-state index < -0.39 is 12.0 Å². The highest BCUT2D eigenvalue weighted by molar-refractivity contribution is 5.74. The molecule has 2 rings (SSSR count). The minimum atomic E-state index is -0.748. The number of carbonyl (C=O) groups is 1. The molecule has 2 N–H and O–H groups in total. The summed E-state index contributed by atoms with van der Waals surface area (Å²) < 4.78 is 5.12. The molecule has 104 valence electrons. The van der Waals surface area contributed by atoms with Crippen LogP contribution in [-0.2, 0) is 11.2 Å². The molecule has 19 heavy (non-hydrogen) atoms. The fourth-order valence-electron chi connectivity index (χ4n) is 2.32. The summed E-state index contributed by atoms with van der Waals surface area (Å²) in [5, 5.41) is 12.3. The Morgan fingerprint density at radius 2 is 2.21 bits per heavy atom. The molecule has 1 unspecified atom stereocenters. The molecule has 1 aliphatic heterocycles. The van der Waals surface area contributed by atoms with Crippen LogP contribution in [0, 0.1) is 0 Å². The highest BCUT2D eigenvalue weighted by Gasteiger charge is 2.27. The van der Waals surface area contributed by atoms with Crippen LogP contribution in [0.5, 0.6) is 5.75 Å². The van der Waals surface area contributed by atoms with Crippen LogP contribution in [0.15, 0.2) is 24.3 Å². The van der Waals surface area contributed by atoms with Gasteiger partial charge in [-0.1, -0.05) is 12.1 Å². The molecule has 0 aromatic heterocycles. The second-order valence-corrected chi connectivity index (χ2v) is 4.69. The molecule has 5 heteroatoms. The minimum absolute atomic E-state index is 0.410. The molecule has 0 saturated carbocycles. The van der Waals surface area contributed by atoms with E-state index >= 15 is 0 Å². The number of benzene rings is 1. The summed E-state index contributed by atoms with van der Waals surface area (Å²) in [6.45, 7) is 2.93. The van der Waals surface area contributed by atoms with E-state index in [1.807, 2.05) is 29.2 Å².